The first-order valence-corrected chi connectivity index (χ1v) is 14.4. The first kappa shape index (κ1) is 30.0. The highest BCUT2D eigenvalue weighted by atomic mass is 32.2. The van der Waals surface area contributed by atoms with E-state index in [1.165, 1.54) is 0 Å². The van der Waals surface area contributed by atoms with Crippen LogP contribution >= 0.6 is 0 Å². The van der Waals surface area contributed by atoms with Gasteiger partial charge in [-0.05, 0) is 61.5 Å². The predicted molar refractivity (Wildman–Crippen MR) is 137 cm³/mol. The largest absolute Gasteiger partial charge is 0.460 e. The lowest BCUT2D eigenvalue weighted by Gasteiger charge is -2.59. The zero-order valence-electron chi connectivity index (χ0n) is 21.3. The minimum Gasteiger partial charge on any atom is -0.460 e. The van der Waals surface area contributed by atoms with Crippen molar-refractivity contribution < 1.29 is 45.2 Å². The summed E-state index contributed by atoms with van der Waals surface area (Å²) in [5, 5.41) is 0. The van der Waals surface area contributed by atoms with Crippen LogP contribution in [-0.4, -0.2) is 66.5 Å². The second-order valence-electron chi connectivity index (χ2n) is 11.3. The molecule has 1 N–H and O–H groups in total. The van der Waals surface area contributed by atoms with Crippen LogP contribution in [0.5, 0.6) is 0 Å². The molecule has 14 heteroatoms. The summed E-state index contributed by atoms with van der Waals surface area (Å²) in [4.78, 5) is 26.8. The van der Waals surface area contributed by atoms with Crippen molar-refractivity contribution in [2.75, 3.05) is 5.75 Å². The third-order valence-corrected chi connectivity index (χ3v) is 9.14. The van der Waals surface area contributed by atoms with Crippen LogP contribution in [0.25, 0.3) is 0 Å². The van der Waals surface area contributed by atoms with E-state index in [0.29, 0.717) is 18.4 Å². The molecule has 6 radical (unpaired) electrons. The van der Waals surface area contributed by atoms with Crippen LogP contribution in [0.2, 0.25) is 0 Å². The van der Waals surface area contributed by atoms with Crippen molar-refractivity contribution in [1.29, 1.82) is 0 Å². The highest BCUT2D eigenvalue weighted by Gasteiger charge is 2.65. The van der Waals surface area contributed by atoms with Gasteiger partial charge in [0.15, 0.2) is 0 Å². The summed E-state index contributed by atoms with van der Waals surface area (Å²) in [5.41, 5.74) is 0.522. The van der Waals surface area contributed by atoms with Crippen LogP contribution < -0.4 is 0 Å². The normalized spacial score (nSPS) is 28.7. The molecule has 1 aromatic rings. The van der Waals surface area contributed by atoms with E-state index < -0.39 is 50.9 Å². The number of ether oxygens (including phenoxy) is 2. The van der Waals surface area contributed by atoms with Crippen molar-refractivity contribution in [2.45, 2.75) is 76.4 Å². The zero-order valence-corrected chi connectivity index (χ0v) is 22.2. The first-order chi connectivity index (χ1) is 18.1. The molecule has 4 aliphatic carbocycles. The molecule has 0 saturated heterocycles. The molecule has 206 valence electrons. The summed E-state index contributed by atoms with van der Waals surface area (Å²) in [6.45, 7) is -0.106. The van der Waals surface area contributed by atoms with E-state index in [1.54, 1.807) is 6.07 Å². The molecule has 1 aromatic carbocycles. The van der Waals surface area contributed by atoms with E-state index in [9.17, 15) is 31.2 Å². The van der Waals surface area contributed by atoms with Gasteiger partial charge in [0.2, 0.25) is 6.10 Å². The zero-order chi connectivity index (χ0) is 28.8. The molecule has 0 aliphatic heterocycles. The Kier molecular flexibility index (Phi) is 8.31. The van der Waals surface area contributed by atoms with Crippen molar-refractivity contribution in [3.63, 3.8) is 0 Å². The van der Waals surface area contributed by atoms with Gasteiger partial charge in [0, 0.05) is 0 Å². The molecule has 4 bridgehead atoms. The molecule has 3 unspecified atom stereocenters. The fourth-order valence-electron chi connectivity index (χ4n) is 7.24. The van der Waals surface area contributed by atoms with Crippen molar-refractivity contribution in [1.82, 2.24) is 0 Å². The monoisotopic (exact) mass is 562 g/mol. The van der Waals surface area contributed by atoms with Gasteiger partial charge in [0.05, 0.1) is 34.4 Å². The molecule has 0 heterocycles. The highest BCUT2D eigenvalue weighted by Crippen LogP contribution is 2.66. The fourth-order valence-corrected chi connectivity index (χ4v) is 7.88. The molecule has 5 rings (SSSR count). The molecule has 4 aliphatic rings. The summed E-state index contributed by atoms with van der Waals surface area (Å²) < 4.78 is 82.2. The summed E-state index contributed by atoms with van der Waals surface area (Å²) in [6, 6.07) is 3.64. The Morgan fingerprint density at radius 3 is 2.03 bits per heavy atom. The van der Waals surface area contributed by atoms with Gasteiger partial charge in [-0.25, -0.2) is 0 Å². The maximum atomic E-state index is 13.6. The third kappa shape index (κ3) is 6.21. The lowest BCUT2D eigenvalue weighted by Crippen LogP contribution is -2.59. The van der Waals surface area contributed by atoms with E-state index in [2.05, 4.69) is 0 Å². The number of alkyl halides is 3. The van der Waals surface area contributed by atoms with Gasteiger partial charge in [0.25, 0.3) is 10.1 Å². The molecule has 39 heavy (non-hydrogen) atoms. The second kappa shape index (κ2) is 10.8. The summed E-state index contributed by atoms with van der Waals surface area (Å²) in [5.74, 6) is -3.74. The summed E-state index contributed by atoms with van der Waals surface area (Å²) in [6.07, 6.45) is -5.57. The SMILES string of the molecule is [B]Cc1cc(C[B])c(C[B])c(COC(=O)C23CC4CC(C2)CC(C(=O)OC(CS(=O)(=O)O)C(F)(F)F)(C4)C3)c1. The van der Waals surface area contributed by atoms with E-state index in [-0.39, 0.29) is 56.7 Å². The van der Waals surface area contributed by atoms with Crippen LogP contribution in [0.1, 0.15) is 60.8 Å². The van der Waals surface area contributed by atoms with E-state index in [0.717, 1.165) is 23.1 Å². The number of halogens is 3. The van der Waals surface area contributed by atoms with Crippen molar-refractivity contribution in [3.8, 4) is 0 Å². The Balaban J connectivity index is 1.55. The first-order valence-electron chi connectivity index (χ1n) is 12.8. The molecule has 7 nitrogen and oxygen atoms in total. The number of carbonyl (C=O) groups excluding carboxylic acids is 2. The molecule has 0 amide bonds. The Bertz CT molecular complexity index is 1220. The molecule has 0 spiro atoms. The van der Waals surface area contributed by atoms with Gasteiger partial charge < -0.3 is 9.47 Å². The predicted octanol–water partition coefficient (Wildman–Crippen LogP) is 2.68. The average molecular weight is 562 g/mol. The molecular weight excluding hydrogens is 534 g/mol. The second-order valence-corrected chi connectivity index (χ2v) is 12.8. The summed E-state index contributed by atoms with van der Waals surface area (Å²) >= 11 is 0. The van der Waals surface area contributed by atoms with Crippen LogP contribution in [0.4, 0.5) is 13.2 Å². The third-order valence-electron chi connectivity index (χ3n) is 8.42. The number of rotatable bonds is 10. The minimum atomic E-state index is -5.20. The standard InChI is InChI=1S/C25H28B3F3O7S/c26-8-14-2-17(9-27)19(10-28)18(3-14)11-37-21(32)23-4-15-1-16(5-23)7-24(6-15,13-23)22(33)38-20(25(29,30)31)12-39(34,35)36/h2-3,15-16,20H,1,4-13H2,(H,34,35,36). The molecule has 3 atom stereocenters. The van der Waals surface area contributed by atoms with Gasteiger partial charge in [0.1, 0.15) is 12.4 Å². The number of hydrogen-bond donors (Lipinski definition) is 1. The van der Waals surface area contributed by atoms with Crippen LogP contribution in [0, 0.1) is 22.7 Å². The maximum absolute atomic E-state index is 13.6. The molecule has 4 saturated carbocycles. The Labute approximate surface area is 229 Å². The van der Waals surface area contributed by atoms with E-state index in [1.807, 2.05) is 6.07 Å². The highest BCUT2D eigenvalue weighted by molar-refractivity contribution is 7.85. The summed E-state index contributed by atoms with van der Waals surface area (Å²) in [7, 11) is 12.5. The molecule has 4 fully saturated rings. The number of carbonyl (C=O) groups is 2. The molecular formula is C25H28B3F3O7S. The van der Waals surface area contributed by atoms with Crippen molar-refractivity contribution in [2.24, 2.45) is 22.7 Å². The van der Waals surface area contributed by atoms with E-state index >= 15 is 0 Å². The smallest absolute Gasteiger partial charge is 0.426 e. The van der Waals surface area contributed by atoms with Crippen molar-refractivity contribution >= 4 is 45.6 Å². The van der Waals surface area contributed by atoms with Crippen LogP contribution in [0.15, 0.2) is 12.1 Å². The van der Waals surface area contributed by atoms with Gasteiger partial charge in [-0.1, -0.05) is 42.2 Å². The Hall–Kier alpha value is -1.95. The maximum Gasteiger partial charge on any atom is 0.426 e. The lowest BCUT2D eigenvalue weighted by molar-refractivity contribution is -0.231. The Morgan fingerprint density at radius 2 is 1.54 bits per heavy atom. The number of benzene rings is 1. The van der Waals surface area contributed by atoms with Crippen LogP contribution in [-0.2, 0) is 54.7 Å². The van der Waals surface area contributed by atoms with Crippen LogP contribution in [0.3, 0.4) is 0 Å². The Morgan fingerprint density at radius 1 is 0.974 bits per heavy atom. The number of hydrogen-bond acceptors (Lipinski definition) is 6. The topological polar surface area (TPSA) is 107 Å². The lowest BCUT2D eigenvalue weighted by atomic mass is 9.44. The number of esters is 2. The molecule has 0 aromatic heterocycles. The fraction of sp³-hybridized carbons (Fsp3) is 0.680. The van der Waals surface area contributed by atoms with Gasteiger partial charge in [-0.2, -0.15) is 21.6 Å². The quantitative estimate of drug-likeness (QED) is 0.266. The van der Waals surface area contributed by atoms with Gasteiger partial charge >= 0.3 is 18.1 Å². The van der Waals surface area contributed by atoms with E-state index in [4.69, 9.17) is 37.6 Å². The average Bonchev–Trinajstić information content (AvgIpc) is 2.83. The minimum absolute atomic E-state index is 0.0538. The van der Waals surface area contributed by atoms with Gasteiger partial charge in [-0.15, -0.1) is 0 Å². The van der Waals surface area contributed by atoms with Gasteiger partial charge in [-0.3, -0.25) is 14.1 Å². The van der Waals surface area contributed by atoms with Crippen molar-refractivity contribution in [3.05, 3.63) is 34.4 Å².